The largest absolute Gasteiger partial charge is 0.256 e. The molecule has 0 bridgehead atoms. The van der Waals surface area contributed by atoms with Crippen molar-refractivity contribution in [1.82, 2.24) is 4.98 Å². The van der Waals surface area contributed by atoms with Crippen LogP contribution in [-0.4, -0.2) is 4.98 Å². The van der Waals surface area contributed by atoms with E-state index in [9.17, 15) is 0 Å². The predicted octanol–water partition coefficient (Wildman–Crippen LogP) is 3.18. The topological polar surface area (TPSA) is 60.5 Å². The maximum absolute atomic E-state index is 8.67. The van der Waals surface area contributed by atoms with Crippen molar-refractivity contribution >= 4 is 6.08 Å². The summed E-state index contributed by atoms with van der Waals surface area (Å²) < 4.78 is 0. The van der Waals surface area contributed by atoms with Crippen LogP contribution in [-0.2, 0) is 0 Å². The highest BCUT2D eigenvalue weighted by Crippen LogP contribution is 2.17. The van der Waals surface area contributed by atoms with Gasteiger partial charge in [-0.15, -0.1) is 0 Å². The van der Waals surface area contributed by atoms with Gasteiger partial charge in [-0.1, -0.05) is 30.3 Å². The number of pyridine rings is 1. The number of nitriles is 2. The van der Waals surface area contributed by atoms with E-state index in [1.165, 1.54) is 0 Å². The van der Waals surface area contributed by atoms with Crippen LogP contribution in [0.5, 0.6) is 0 Å². The summed E-state index contributed by atoms with van der Waals surface area (Å²) in [5.74, 6) is 0. The van der Waals surface area contributed by atoms with Crippen LogP contribution in [0, 0.1) is 22.7 Å². The Morgan fingerprint density at radius 3 is 2.28 bits per heavy atom. The fourth-order valence-corrected chi connectivity index (χ4v) is 1.54. The summed E-state index contributed by atoms with van der Waals surface area (Å²) in [5.41, 5.74) is 2.82. The summed E-state index contributed by atoms with van der Waals surface area (Å²) in [4.78, 5) is 4.25. The van der Waals surface area contributed by atoms with Crippen LogP contribution in [0.1, 0.15) is 5.56 Å². The van der Waals surface area contributed by atoms with E-state index >= 15 is 0 Å². The second kappa shape index (κ2) is 5.43. The first kappa shape index (κ1) is 11.6. The Labute approximate surface area is 105 Å². The molecule has 0 saturated carbocycles. The first-order valence-corrected chi connectivity index (χ1v) is 5.37. The van der Waals surface area contributed by atoms with Crippen LogP contribution in [0.3, 0.4) is 0 Å². The number of hydrogen-bond acceptors (Lipinski definition) is 3. The third-order valence-electron chi connectivity index (χ3n) is 2.42. The Bertz CT molecular complexity index is 625. The molecule has 84 valence electrons. The number of hydrogen-bond donors (Lipinski definition) is 0. The summed E-state index contributed by atoms with van der Waals surface area (Å²) in [6, 6.07) is 17.0. The van der Waals surface area contributed by atoms with Crippen LogP contribution in [0.4, 0.5) is 0 Å². The van der Waals surface area contributed by atoms with Crippen molar-refractivity contribution in [3.63, 3.8) is 0 Å². The average Bonchev–Trinajstić information content (AvgIpc) is 2.46. The highest BCUT2D eigenvalue weighted by atomic mass is 14.7. The van der Waals surface area contributed by atoms with Crippen LogP contribution in [0.2, 0.25) is 0 Å². The molecule has 0 unspecified atom stereocenters. The molecule has 0 fully saturated rings. The lowest BCUT2D eigenvalue weighted by Gasteiger charge is -2.00. The monoisotopic (exact) mass is 231 g/mol. The summed E-state index contributed by atoms with van der Waals surface area (Å²) >= 11 is 0. The molecule has 0 aliphatic rings. The van der Waals surface area contributed by atoms with Gasteiger partial charge < -0.3 is 0 Å². The molecule has 0 aliphatic heterocycles. The molecule has 2 rings (SSSR count). The van der Waals surface area contributed by atoms with Gasteiger partial charge in [0, 0.05) is 11.8 Å². The van der Waals surface area contributed by atoms with Gasteiger partial charge in [-0.05, 0) is 23.8 Å². The third kappa shape index (κ3) is 2.61. The molecule has 0 N–H and O–H groups in total. The Morgan fingerprint density at radius 1 is 1.00 bits per heavy atom. The quantitative estimate of drug-likeness (QED) is 0.746. The minimum Gasteiger partial charge on any atom is -0.256 e. The van der Waals surface area contributed by atoms with E-state index in [1.807, 2.05) is 54.6 Å². The van der Waals surface area contributed by atoms with Crippen LogP contribution < -0.4 is 0 Å². The van der Waals surface area contributed by atoms with E-state index in [0.29, 0.717) is 0 Å². The van der Waals surface area contributed by atoms with Gasteiger partial charge in [-0.3, -0.25) is 4.98 Å². The second-order valence-electron chi connectivity index (χ2n) is 3.62. The highest BCUT2D eigenvalue weighted by molar-refractivity contribution is 5.66. The molecule has 0 radical (unpaired) electrons. The first-order valence-electron chi connectivity index (χ1n) is 5.37. The fraction of sp³-hybridized carbons (Fsp3) is 0. The van der Waals surface area contributed by atoms with E-state index in [2.05, 4.69) is 4.98 Å². The molecule has 1 heterocycles. The minimum atomic E-state index is 0.0978. The van der Waals surface area contributed by atoms with E-state index in [4.69, 9.17) is 10.5 Å². The van der Waals surface area contributed by atoms with Crippen molar-refractivity contribution in [2.24, 2.45) is 0 Å². The zero-order valence-corrected chi connectivity index (χ0v) is 9.54. The van der Waals surface area contributed by atoms with Crippen LogP contribution in [0.15, 0.2) is 54.2 Å². The second-order valence-corrected chi connectivity index (χ2v) is 3.62. The lowest BCUT2D eigenvalue weighted by atomic mass is 10.1. The van der Waals surface area contributed by atoms with E-state index < -0.39 is 0 Å². The zero-order chi connectivity index (χ0) is 12.8. The number of allylic oxidation sites excluding steroid dienone is 1. The molecule has 0 aliphatic carbocycles. The van der Waals surface area contributed by atoms with Crippen molar-refractivity contribution in [2.45, 2.75) is 0 Å². The van der Waals surface area contributed by atoms with E-state index in [0.717, 1.165) is 16.8 Å². The molecule has 1 aromatic heterocycles. The van der Waals surface area contributed by atoms with Gasteiger partial charge in [-0.25, -0.2) is 0 Å². The SMILES string of the molecule is N#CC(C#N)=Cc1ccc(-c2ccccn2)cc1. The number of rotatable bonds is 2. The van der Waals surface area contributed by atoms with Gasteiger partial charge in [0.1, 0.15) is 17.7 Å². The fourth-order valence-electron chi connectivity index (χ4n) is 1.54. The maximum atomic E-state index is 8.67. The summed E-state index contributed by atoms with van der Waals surface area (Å²) in [7, 11) is 0. The Kier molecular flexibility index (Phi) is 3.49. The number of benzene rings is 1. The number of aromatic nitrogens is 1. The molecule has 2 aromatic rings. The third-order valence-corrected chi connectivity index (χ3v) is 2.42. The average molecular weight is 231 g/mol. The van der Waals surface area contributed by atoms with Gasteiger partial charge in [0.15, 0.2) is 0 Å². The minimum absolute atomic E-state index is 0.0978. The molecule has 0 atom stereocenters. The van der Waals surface area contributed by atoms with Crippen molar-refractivity contribution in [1.29, 1.82) is 10.5 Å². The maximum Gasteiger partial charge on any atom is 0.130 e. The van der Waals surface area contributed by atoms with E-state index in [-0.39, 0.29) is 5.57 Å². The van der Waals surface area contributed by atoms with Gasteiger partial charge in [0.05, 0.1) is 5.69 Å². The zero-order valence-electron chi connectivity index (χ0n) is 9.54. The summed E-state index contributed by atoms with van der Waals surface area (Å²) in [6.45, 7) is 0. The van der Waals surface area contributed by atoms with Gasteiger partial charge in [0.25, 0.3) is 0 Å². The molecule has 3 heteroatoms. The Morgan fingerprint density at radius 2 is 1.72 bits per heavy atom. The lowest BCUT2D eigenvalue weighted by molar-refractivity contribution is 1.33. The van der Waals surface area contributed by atoms with Crippen molar-refractivity contribution in [3.8, 4) is 23.4 Å². The summed E-state index contributed by atoms with van der Waals surface area (Å²) in [6.07, 6.45) is 3.30. The first-order chi connectivity index (χ1) is 8.83. The van der Waals surface area contributed by atoms with Crippen molar-refractivity contribution < 1.29 is 0 Å². The molecule has 1 aromatic carbocycles. The standard InChI is InChI=1S/C15H9N3/c16-10-13(11-17)9-12-4-6-14(7-5-12)15-3-1-2-8-18-15/h1-9H. The normalized spacial score (nSPS) is 9.00. The molecule has 18 heavy (non-hydrogen) atoms. The van der Waals surface area contributed by atoms with E-state index in [1.54, 1.807) is 12.3 Å². The molecule has 0 spiro atoms. The van der Waals surface area contributed by atoms with Crippen molar-refractivity contribution in [2.75, 3.05) is 0 Å². The van der Waals surface area contributed by atoms with Crippen LogP contribution >= 0.6 is 0 Å². The molecular weight excluding hydrogens is 222 g/mol. The smallest absolute Gasteiger partial charge is 0.130 e. The predicted molar refractivity (Wildman–Crippen MR) is 68.9 cm³/mol. The van der Waals surface area contributed by atoms with Crippen molar-refractivity contribution in [3.05, 3.63) is 59.8 Å². The summed E-state index contributed by atoms with van der Waals surface area (Å²) in [5, 5.41) is 17.3. The molecular formula is C15H9N3. The Hall–Kier alpha value is -2.91. The Balaban J connectivity index is 2.30. The van der Waals surface area contributed by atoms with Crippen LogP contribution in [0.25, 0.3) is 17.3 Å². The molecule has 0 saturated heterocycles. The molecule has 0 amide bonds. The molecule has 3 nitrogen and oxygen atoms in total. The lowest BCUT2D eigenvalue weighted by Crippen LogP contribution is -1.82. The van der Waals surface area contributed by atoms with Gasteiger partial charge in [0.2, 0.25) is 0 Å². The van der Waals surface area contributed by atoms with Gasteiger partial charge >= 0.3 is 0 Å². The highest BCUT2D eigenvalue weighted by Gasteiger charge is 1.98. The van der Waals surface area contributed by atoms with Gasteiger partial charge in [-0.2, -0.15) is 10.5 Å². The number of nitrogens with zero attached hydrogens (tertiary/aromatic N) is 3.